The molecule has 0 spiro atoms. The van der Waals surface area contributed by atoms with Crippen molar-refractivity contribution >= 4 is 47.1 Å². The first-order valence-electron chi connectivity index (χ1n) is 8.29. The van der Waals surface area contributed by atoms with Crippen LogP contribution in [0.3, 0.4) is 0 Å². The molecular weight excluding hydrogens is 447 g/mol. The van der Waals surface area contributed by atoms with Crippen molar-refractivity contribution in [3.63, 3.8) is 0 Å². The highest BCUT2D eigenvalue weighted by atomic mass is 127. The van der Waals surface area contributed by atoms with E-state index in [4.69, 9.17) is 0 Å². The van der Waals surface area contributed by atoms with Crippen molar-refractivity contribution in [3.8, 4) is 0 Å². The van der Waals surface area contributed by atoms with E-state index in [0.717, 1.165) is 61.6 Å². The average Bonchev–Trinajstić information content (AvgIpc) is 3.05. The third-order valence-corrected chi connectivity index (χ3v) is 4.92. The van der Waals surface area contributed by atoms with E-state index in [2.05, 4.69) is 41.5 Å². The van der Waals surface area contributed by atoms with Crippen molar-refractivity contribution in [3.05, 3.63) is 40.5 Å². The highest BCUT2D eigenvalue weighted by Crippen LogP contribution is 2.12. The lowest BCUT2D eigenvalue weighted by Crippen LogP contribution is -2.53. The summed E-state index contributed by atoms with van der Waals surface area (Å²) < 4.78 is 0. The van der Waals surface area contributed by atoms with Crippen LogP contribution in [0.2, 0.25) is 0 Å². The number of pyridine rings is 1. The molecule has 136 valence electrons. The summed E-state index contributed by atoms with van der Waals surface area (Å²) in [6.07, 6.45) is 2.78. The first-order chi connectivity index (χ1) is 11.8. The maximum Gasteiger partial charge on any atom is 0.193 e. The molecule has 1 aliphatic rings. The van der Waals surface area contributed by atoms with Gasteiger partial charge >= 0.3 is 0 Å². The van der Waals surface area contributed by atoms with Crippen molar-refractivity contribution < 1.29 is 0 Å². The van der Waals surface area contributed by atoms with Gasteiger partial charge in [-0.2, -0.15) is 0 Å². The number of aromatic nitrogens is 2. The summed E-state index contributed by atoms with van der Waals surface area (Å²) in [5.41, 5.74) is 1.15. The quantitative estimate of drug-likeness (QED) is 0.421. The minimum Gasteiger partial charge on any atom is -0.356 e. The van der Waals surface area contributed by atoms with Gasteiger partial charge in [0.1, 0.15) is 5.82 Å². The molecule has 2 aromatic rings. The van der Waals surface area contributed by atoms with Crippen LogP contribution in [-0.2, 0) is 6.42 Å². The molecule has 0 aromatic carbocycles. The second kappa shape index (κ2) is 9.91. The summed E-state index contributed by atoms with van der Waals surface area (Å²) in [5, 5.41) is 6.71. The van der Waals surface area contributed by atoms with Crippen molar-refractivity contribution in [1.29, 1.82) is 0 Å². The summed E-state index contributed by atoms with van der Waals surface area (Å²) in [4.78, 5) is 18.0. The second-order valence-electron chi connectivity index (χ2n) is 5.74. The molecule has 0 saturated carbocycles. The van der Waals surface area contributed by atoms with Crippen LogP contribution in [0.5, 0.6) is 0 Å². The van der Waals surface area contributed by atoms with Gasteiger partial charge < -0.3 is 15.1 Å². The van der Waals surface area contributed by atoms with Crippen molar-refractivity contribution in [1.82, 2.24) is 20.2 Å². The molecule has 0 aliphatic carbocycles. The number of thiazole rings is 1. The summed E-state index contributed by atoms with van der Waals surface area (Å²) in [5.74, 6) is 2.03. The first kappa shape index (κ1) is 19.9. The SMILES string of the molecule is CN=C(NCCc1csc(C)n1)N1CCN(c2ccccn2)CC1.I. The monoisotopic (exact) mass is 472 g/mol. The lowest BCUT2D eigenvalue weighted by Gasteiger charge is -2.37. The van der Waals surface area contributed by atoms with Crippen LogP contribution >= 0.6 is 35.3 Å². The molecule has 3 rings (SSSR count). The first-order valence-corrected chi connectivity index (χ1v) is 9.17. The summed E-state index contributed by atoms with van der Waals surface area (Å²) in [6.45, 7) is 6.72. The maximum absolute atomic E-state index is 4.50. The molecule has 6 nitrogen and oxygen atoms in total. The Morgan fingerprint density at radius 1 is 1.28 bits per heavy atom. The molecule has 0 amide bonds. The number of aliphatic imine (C=N–C) groups is 1. The summed E-state index contributed by atoms with van der Waals surface area (Å²) >= 11 is 1.70. The number of piperazine rings is 1. The Morgan fingerprint density at radius 2 is 2.08 bits per heavy atom. The topological polar surface area (TPSA) is 56.7 Å². The smallest absolute Gasteiger partial charge is 0.193 e. The van der Waals surface area contributed by atoms with Crippen LogP contribution in [0.25, 0.3) is 0 Å². The van der Waals surface area contributed by atoms with Gasteiger partial charge in [0.05, 0.1) is 10.7 Å². The standard InChI is InChI=1S/C17H24N6S.HI/c1-14-21-15(13-24-14)6-8-20-17(18-2)23-11-9-22(10-12-23)16-5-3-4-7-19-16;/h3-5,7,13H,6,8-12H2,1-2H3,(H,18,20);1H. The molecule has 25 heavy (non-hydrogen) atoms. The minimum atomic E-state index is 0. The Morgan fingerprint density at radius 3 is 2.68 bits per heavy atom. The fourth-order valence-electron chi connectivity index (χ4n) is 2.85. The van der Waals surface area contributed by atoms with Gasteiger partial charge in [0.25, 0.3) is 0 Å². The molecule has 1 aliphatic heterocycles. The van der Waals surface area contributed by atoms with Crippen molar-refractivity contribution in [2.24, 2.45) is 4.99 Å². The van der Waals surface area contributed by atoms with E-state index in [9.17, 15) is 0 Å². The zero-order valence-corrected chi connectivity index (χ0v) is 17.8. The normalized spacial score (nSPS) is 15.0. The Balaban J connectivity index is 0.00000225. The third-order valence-electron chi connectivity index (χ3n) is 4.10. The molecule has 0 unspecified atom stereocenters. The molecule has 1 fully saturated rings. The van der Waals surface area contributed by atoms with E-state index in [1.54, 1.807) is 11.3 Å². The fraction of sp³-hybridized carbons (Fsp3) is 0.471. The highest BCUT2D eigenvalue weighted by molar-refractivity contribution is 14.0. The molecule has 0 bridgehead atoms. The molecular formula is C17H25IN6S. The van der Waals surface area contributed by atoms with Crippen molar-refractivity contribution in [2.75, 3.05) is 44.7 Å². The molecule has 2 aromatic heterocycles. The second-order valence-corrected chi connectivity index (χ2v) is 6.81. The maximum atomic E-state index is 4.50. The lowest BCUT2D eigenvalue weighted by molar-refractivity contribution is 0.372. The van der Waals surface area contributed by atoms with Crippen LogP contribution in [0.15, 0.2) is 34.8 Å². The zero-order valence-electron chi connectivity index (χ0n) is 14.7. The molecule has 0 atom stereocenters. The van der Waals surface area contributed by atoms with E-state index in [0.29, 0.717) is 0 Å². The Labute approximate surface area is 170 Å². The van der Waals surface area contributed by atoms with E-state index in [1.165, 1.54) is 0 Å². The van der Waals surface area contributed by atoms with Gasteiger partial charge in [-0.05, 0) is 19.1 Å². The third kappa shape index (κ3) is 5.53. The predicted molar refractivity (Wildman–Crippen MR) is 115 cm³/mol. The van der Waals surface area contributed by atoms with Gasteiger partial charge in [-0.15, -0.1) is 35.3 Å². The Kier molecular flexibility index (Phi) is 7.89. The molecule has 1 saturated heterocycles. The number of anilines is 1. The number of hydrogen-bond donors (Lipinski definition) is 1. The molecule has 1 N–H and O–H groups in total. The fourth-order valence-corrected chi connectivity index (χ4v) is 3.49. The van der Waals surface area contributed by atoms with E-state index >= 15 is 0 Å². The zero-order chi connectivity index (χ0) is 16.8. The Hall–Kier alpha value is -1.42. The van der Waals surface area contributed by atoms with E-state index in [-0.39, 0.29) is 24.0 Å². The number of hydrogen-bond acceptors (Lipinski definition) is 5. The van der Waals surface area contributed by atoms with Gasteiger partial charge in [0.15, 0.2) is 5.96 Å². The van der Waals surface area contributed by atoms with Gasteiger partial charge in [-0.1, -0.05) is 6.07 Å². The number of nitrogens with one attached hydrogen (secondary N) is 1. The highest BCUT2D eigenvalue weighted by Gasteiger charge is 2.20. The van der Waals surface area contributed by atoms with Crippen LogP contribution in [0.4, 0.5) is 5.82 Å². The van der Waals surface area contributed by atoms with Crippen LogP contribution < -0.4 is 10.2 Å². The van der Waals surface area contributed by atoms with Crippen molar-refractivity contribution in [2.45, 2.75) is 13.3 Å². The van der Waals surface area contributed by atoms with Gasteiger partial charge in [0, 0.05) is 57.8 Å². The number of guanidine groups is 1. The lowest BCUT2D eigenvalue weighted by atomic mass is 10.3. The number of nitrogens with zero attached hydrogens (tertiary/aromatic N) is 5. The number of halogens is 1. The van der Waals surface area contributed by atoms with Gasteiger partial charge in [-0.25, -0.2) is 9.97 Å². The molecule has 3 heterocycles. The summed E-state index contributed by atoms with van der Waals surface area (Å²) in [6, 6.07) is 6.06. The van der Waals surface area contributed by atoms with Crippen LogP contribution in [0.1, 0.15) is 10.7 Å². The number of aryl methyl sites for hydroxylation is 1. The minimum absolute atomic E-state index is 0. The molecule has 0 radical (unpaired) electrons. The Bertz CT molecular complexity index is 667. The average molecular weight is 472 g/mol. The number of rotatable bonds is 4. The summed E-state index contributed by atoms with van der Waals surface area (Å²) in [7, 11) is 1.85. The molecule has 8 heteroatoms. The van der Waals surface area contributed by atoms with E-state index < -0.39 is 0 Å². The largest absolute Gasteiger partial charge is 0.356 e. The predicted octanol–water partition coefficient (Wildman–Crippen LogP) is 2.40. The van der Waals surface area contributed by atoms with Gasteiger partial charge in [0.2, 0.25) is 0 Å². The van der Waals surface area contributed by atoms with Gasteiger partial charge in [-0.3, -0.25) is 4.99 Å². The van der Waals surface area contributed by atoms with Crippen LogP contribution in [-0.4, -0.2) is 60.6 Å². The van der Waals surface area contributed by atoms with Crippen LogP contribution in [0, 0.1) is 6.92 Å². The van der Waals surface area contributed by atoms with E-state index in [1.807, 2.05) is 32.3 Å².